The smallest absolute Gasteiger partial charge is 0.224 e. The highest BCUT2D eigenvalue weighted by Gasteiger charge is 2.03. The predicted molar refractivity (Wildman–Crippen MR) is 92.6 cm³/mol. The van der Waals surface area contributed by atoms with Crippen LogP contribution >= 0.6 is 27.7 Å². The maximum Gasteiger partial charge on any atom is 0.224 e. The van der Waals surface area contributed by atoms with Gasteiger partial charge in [0.05, 0.1) is 6.42 Å². The van der Waals surface area contributed by atoms with E-state index in [1.807, 2.05) is 24.3 Å². The van der Waals surface area contributed by atoms with E-state index < -0.39 is 0 Å². The molecule has 0 aliphatic carbocycles. The van der Waals surface area contributed by atoms with Crippen molar-refractivity contribution in [1.29, 1.82) is 0 Å². The lowest BCUT2D eigenvalue weighted by Gasteiger charge is -2.06. The van der Waals surface area contributed by atoms with Crippen molar-refractivity contribution in [2.24, 2.45) is 0 Å². The fourth-order valence-electron chi connectivity index (χ4n) is 1.87. The second kappa shape index (κ2) is 8.96. The summed E-state index contributed by atoms with van der Waals surface area (Å²) < 4.78 is 13.8. The molecule has 2 aromatic rings. The lowest BCUT2D eigenvalue weighted by atomic mass is 10.1. The van der Waals surface area contributed by atoms with Gasteiger partial charge in [-0.3, -0.25) is 4.79 Å². The standard InChI is InChI=1S/C17H17BrFNOS/c18-14-4-2-13(3-5-14)12-17(21)20-10-1-11-22-16-8-6-15(19)7-9-16/h2-9H,1,10-12H2,(H,20,21). The van der Waals surface area contributed by atoms with Gasteiger partial charge >= 0.3 is 0 Å². The van der Waals surface area contributed by atoms with E-state index >= 15 is 0 Å². The SMILES string of the molecule is O=C(Cc1ccc(Br)cc1)NCCCSc1ccc(F)cc1. The Morgan fingerprint density at radius 1 is 1.09 bits per heavy atom. The maximum absolute atomic E-state index is 12.8. The quantitative estimate of drug-likeness (QED) is 0.567. The van der Waals surface area contributed by atoms with Crippen LogP contribution in [0.1, 0.15) is 12.0 Å². The van der Waals surface area contributed by atoms with Crippen LogP contribution < -0.4 is 5.32 Å². The highest BCUT2D eigenvalue weighted by atomic mass is 79.9. The molecule has 0 aliphatic rings. The number of thioether (sulfide) groups is 1. The van der Waals surface area contributed by atoms with Crippen molar-refractivity contribution in [3.63, 3.8) is 0 Å². The van der Waals surface area contributed by atoms with Crippen molar-refractivity contribution in [2.45, 2.75) is 17.7 Å². The van der Waals surface area contributed by atoms with E-state index in [0.29, 0.717) is 13.0 Å². The van der Waals surface area contributed by atoms with Crippen LogP contribution in [-0.2, 0) is 11.2 Å². The van der Waals surface area contributed by atoms with Crippen molar-refractivity contribution >= 4 is 33.6 Å². The third kappa shape index (κ3) is 6.20. The monoisotopic (exact) mass is 381 g/mol. The Morgan fingerprint density at radius 3 is 2.45 bits per heavy atom. The molecular formula is C17H17BrFNOS. The predicted octanol–water partition coefficient (Wildman–Crippen LogP) is 4.43. The molecule has 0 heterocycles. The van der Waals surface area contributed by atoms with Crippen molar-refractivity contribution in [1.82, 2.24) is 5.32 Å². The number of rotatable bonds is 7. The summed E-state index contributed by atoms with van der Waals surface area (Å²) in [5.41, 5.74) is 1.00. The summed E-state index contributed by atoms with van der Waals surface area (Å²) in [6.45, 7) is 0.656. The van der Waals surface area contributed by atoms with E-state index in [-0.39, 0.29) is 11.7 Å². The summed E-state index contributed by atoms with van der Waals surface area (Å²) >= 11 is 5.03. The molecule has 5 heteroatoms. The molecule has 0 fully saturated rings. The average Bonchev–Trinajstić information content (AvgIpc) is 2.51. The van der Waals surface area contributed by atoms with Gasteiger partial charge in [0, 0.05) is 15.9 Å². The van der Waals surface area contributed by atoms with E-state index in [9.17, 15) is 9.18 Å². The number of amides is 1. The largest absolute Gasteiger partial charge is 0.356 e. The second-order valence-electron chi connectivity index (χ2n) is 4.81. The molecule has 0 saturated carbocycles. The van der Waals surface area contributed by atoms with Gasteiger partial charge in [0.25, 0.3) is 0 Å². The van der Waals surface area contributed by atoms with Crippen molar-refractivity contribution in [3.05, 3.63) is 64.4 Å². The molecule has 0 radical (unpaired) electrons. The molecule has 1 amide bonds. The minimum absolute atomic E-state index is 0.0362. The molecule has 0 bridgehead atoms. The minimum atomic E-state index is -0.218. The Balaban J connectivity index is 1.61. The Kier molecular flexibility index (Phi) is 6.93. The second-order valence-corrected chi connectivity index (χ2v) is 6.89. The molecule has 2 nitrogen and oxygen atoms in total. The fraction of sp³-hybridized carbons (Fsp3) is 0.235. The topological polar surface area (TPSA) is 29.1 Å². The zero-order valence-electron chi connectivity index (χ0n) is 12.0. The van der Waals surface area contributed by atoms with Gasteiger partial charge in [-0.05, 0) is 54.1 Å². The van der Waals surface area contributed by atoms with Crippen LogP contribution in [-0.4, -0.2) is 18.2 Å². The Bertz CT molecular complexity index is 601. The molecule has 1 N–H and O–H groups in total. The first kappa shape index (κ1) is 17.0. The van der Waals surface area contributed by atoms with Gasteiger partial charge in [-0.2, -0.15) is 0 Å². The third-order valence-electron chi connectivity index (χ3n) is 3.00. The van der Waals surface area contributed by atoms with Crippen LogP contribution in [0.25, 0.3) is 0 Å². The molecule has 0 aliphatic heterocycles. The van der Waals surface area contributed by atoms with Crippen molar-refractivity contribution in [3.8, 4) is 0 Å². The first-order chi connectivity index (χ1) is 10.6. The summed E-state index contributed by atoms with van der Waals surface area (Å²) in [6, 6.07) is 14.2. The summed E-state index contributed by atoms with van der Waals surface area (Å²) in [5.74, 6) is 0.711. The summed E-state index contributed by atoms with van der Waals surface area (Å²) in [7, 11) is 0. The highest BCUT2D eigenvalue weighted by molar-refractivity contribution is 9.10. The van der Waals surface area contributed by atoms with E-state index in [4.69, 9.17) is 0 Å². The van der Waals surface area contributed by atoms with Crippen LogP contribution in [0.4, 0.5) is 4.39 Å². The number of benzene rings is 2. The van der Waals surface area contributed by atoms with Crippen molar-refractivity contribution in [2.75, 3.05) is 12.3 Å². The molecule has 2 aromatic carbocycles. The van der Waals surface area contributed by atoms with Gasteiger partial charge in [0.1, 0.15) is 5.82 Å². The third-order valence-corrected chi connectivity index (χ3v) is 4.63. The van der Waals surface area contributed by atoms with Gasteiger partial charge in [-0.15, -0.1) is 11.8 Å². The summed E-state index contributed by atoms with van der Waals surface area (Å²) in [5, 5.41) is 2.92. The number of carbonyl (C=O) groups is 1. The van der Waals surface area contributed by atoms with Gasteiger partial charge in [-0.1, -0.05) is 28.1 Å². The van der Waals surface area contributed by atoms with Crippen LogP contribution in [0, 0.1) is 5.82 Å². The molecule has 0 atom stereocenters. The van der Waals surface area contributed by atoms with Crippen LogP contribution in [0.15, 0.2) is 57.9 Å². The van der Waals surface area contributed by atoms with Crippen LogP contribution in [0.5, 0.6) is 0 Å². The first-order valence-electron chi connectivity index (χ1n) is 7.03. The molecule has 22 heavy (non-hydrogen) atoms. The fourth-order valence-corrected chi connectivity index (χ4v) is 2.99. The molecule has 0 spiro atoms. The zero-order valence-corrected chi connectivity index (χ0v) is 14.4. The molecule has 0 aromatic heterocycles. The van der Waals surface area contributed by atoms with E-state index in [1.165, 1.54) is 12.1 Å². The highest BCUT2D eigenvalue weighted by Crippen LogP contribution is 2.18. The Labute approximate surface area is 142 Å². The Hall–Kier alpha value is -1.33. The van der Waals surface area contributed by atoms with Gasteiger partial charge in [-0.25, -0.2) is 4.39 Å². The Morgan fingerprint density at radius 2 is 1.77 bits per heavy atom. The van der Waals surface area contributed by atoms with Crippen LogP contribution in [0.3, 0.4) is 0 Å². The van der Waals surface area contributed by atoms with Gasteiger partial charge in [0.15, 0.2) is 0 Å². The number of hydrogen-bond acceptors (Lipinski definition) is 2. The molecule has 2 rings (SSSR count). The van der Waals surface area contributed by atoms with Crippen LogP contribution in [0.2, 0.25) is 0 Å². The lowest BCUT2D eigenvalue weighted by Crippen LogP contribution is -2.26. The summed E-state index contributed by atoms with van der Waals surface area (Å²) in [6.07, 6.45) is 1.28. The van der Waals surface area contributed by atoms with Crippen molar-refractivity contribution < 1.29 is 9.18 Å². The molecule has 116 valence electrons. The molecule has 0 saturated heterocycles. The number of carbonyl (C=O) groups excluding carboxylic acids is 1. The number of halogens is 2. The normalized spacial score (nSPS) is 10.5. The number of nitrogens with one attached hydrogen (secondary N) is 1. The summed E-state index contributed by atoms with van der Waals surface area (Å²) in [4.78, 5) is 12.8. The van der Waals surface area contributed by atoms with E-state index in [2.05, 4.69) is 21.2 Å². The molecular weight excluding hydrogens is 365 g/mol. The maximum atomic E-state index is 12.8. The first-order valence-corrected chi connectivity index (χ1v) is 8.81. The molecule has 0 unspecified atom stereocenters. The van der Waals surface area contributed by atoms with E-state index in [0.717, 1.165) is 27.1 Å². The average molecular weight is 382 g/mol. The minimum Gasteiger partial charge on any atom is -0.356 e. The number of hydrogen-bond donors (Lipinski definition) is 1. The van der Waals surface area contributed by atoms with Gasteiger partial charge < -0.3 is 5.32 Å². The zero-order chi connectivity index (χ0) is 15.8. The van der Waals surface area contributed by atoms with Gasteiger partial charge in [0.2, 0.25) is 5.91 Å². The van der Waals surface area contributed by atoms with E-state index in [1.54, 1.807) is 23.9 Å². The lowest BCUT2D eigenvalue weighted by molar-refractivity contribution is -0.120.